The molecule has 0 spiro atoms. The van der Waals surface area contributed by atoms with Crippen LogP contribution in [0.1, 0.15) is 29.8 Å². The summed E-state index contributed by atoms with van der Waals surface area (Å²) in [6.07, 6.45) is 1.90. The van der Waals surface area contributed by atoms with E-state index in [1.54, 1.807) is 7.11 Å². The second-order valence-corrected chi connectivity index (χ2v) is 6.24. The minimum Gasteiger partial charge on any atom is -0.496 e. The minimum atomic E-state index is 0.299. The van der Waals surface area contributed by atoms with E-state index in [0.29, 0.717) is 6.04 Å². The number of nitrogens with zero attached hydrogens (tertiary/aromatic N) is 1. The maximum Gasteiger partial charge on any atom is 0.126 e. The summed E-state index contributed by atoms with van der Waals surface area (Å²) in [5, 5.41) is 3.58. The van der Waals surface area contributed by atoms with Crippen molar-refractivity contribution in [3.05, 3.63) is 83.7 Å². The van der Waals surface area contributed by atoms with Gasteiger partial charge in [-0.3, -0.25) is 4.98 Å². The maximum absolute atomic E-state index is 5.53. The molecule has 1 unspecified atom stereocenters. The SMILES string of the molecule is COc1ccc(CNC(C)c2ccccc2)cc1-c1ccc(C)nc1. The summed E-state index contributed by atoms with van der Waals surface area (Å²) in [6.45, 7) is 4.97. The lowest BCUT2D eigenvalue weighted by atomic mass is 10.0. The van der Waals surface area contributed by atoms with Crippen molar-refractivity contribution in [1.29, 1.82) is 0 Å². The molecule has 3 nitrogen and oxygen atoms in total. The molecule has 1 heterocycles. The quantitative estimate of drug-likeness (QED) is 0.696. The summed E-state index contributed by atoms with van der Waals surface area (Å²) in [5.41, 5.74) is 5.66. The molecule has 128 valence electrons. The molecule has 2 aromatic carbocycles. The van der Waals surface area contributed by atoms with Gasteiger partial charge in [-0.2, -0.15) is 0 Å². The second-order valence-electron chi connectivity index (χ2n) is 6.24. The summed E-state index contributed by atoms with van der Waals surface area (Å²) < 4.78 is 5.53. The Hall–Kier alpha value is -2.65. The molecule has 0 saturated carbocycles. The van der Waals surface area contributed by atoms with Gasteiger partial charge in [-0.1, -0.05) is 42.5 Å². The van der Waals surface area contributed by atoms with Gasteiger partial charge >= 0.3 is 0 Å². The van der Waals surface area contributed by atoms with Crippen molar-refractivity contribution >= 4 is 0 Å². The van der Waals surface area contributed by atoms with Crippen LogP contribution >= 0.6 is 0 Å². The van der Waals surface area contributed by atoms with Gasteiger partial charge in [0.05, 0.1) is 7.11 Å². The van der Waals surface area contributed by atoms with E-state index < -0.39 is 0 Å². The van der Waals surface area contributed by atoms with Crippen LogP contribution in [0.4, 0.5) is 0 Å². The monoisotopic (exact) mass is 332 g/mol. The van der Waals surface area contributed by atoms with Gasteiger partial charge in [0, 0.05) is 35.6 Å². The first kappa shape index (κ1) is 17.2. The Morgan fingerprint density at radius 2 is 1.84 bits per heavy atom. The lowest BCUT2D eigenvalue weighted by Gasteiger charge is -2.16. The Balaban J connectivity index is 1.78. The van der Waals surface area contributed by atoms with Gasteiger partial charge in [0.15, 0.2) is 0 Å². The highest BCUT2D eigenvalue weighted by molar-refractivity contribution is 5.70. The highest BCUT2D eigenvalue weighted by Crippen LogP contribution is 2.30. The number of nitrogens with one attached hydrogen (secondary N) is 1. The number of methoxy groups -OCH3 is 1. The highest BCUT2D eigenvalue weighted by atomic mass is 16.5. The summed E-state index contributed by atoms with van der Waals surface area (Å²) in [7, 11) is 1.70. The molecule has 0 fully saturated rings. The van der Waals surface area contributed by atoms with Crippen LogP contribution in [0, 0.1) is 6.92 Å². The number of aromatic nitrogens is 1. The van der Waals surface area contributed by atoms with Gasteiger partial charge in [0.1, 0.15) is 5.75 Å². The van der Waals surface area contributed by atoms with E-state index in [1.165, 1.54) is 11.1 Å². The van der Waals surface area contributed by atoms with Crippen molar-refractivity contribution in [1.82, 2.24) is 10.3 Å². The first-order valence-corrected chi connectivity index (χ1v) is 8.55. The van der Waals surface area contributed by atoms with Crippen molar-refractivity contribution in [2.45, 2.75) is 26.4 Å². The van der Waals surface area contributed by atoms with Gasteiger partial charge in [-0.05, 0) is 43.2 Å². The highest BCUT2D eigenvalue weighted by Gasteiger charge is 2.09. The van der Waals surface area contributed by atoms with Crippen LogP contribution in [-0.4, -0.2) is 12.1 Å². The van der Waals surface area contributed by atoms with Gasteiger partial charge in [0.25, 0.3) is 0 Å². The normalized spacial score (nSPS) is 12.0. The van der Waals surface area contributed by atoms with Crippen molar-refractivity contribution in [2.24, 2.45) is 0 Å². The maximum atomic E-state index is 5.53. The average Bonchev–Trinajstić information content (AvgIpc) is 2.67. The van der Waals surface area contributed by atoms with E-state index in [2.05, 4.69) is 59.7 Å². The fraction of sp³-hybridized carbons (Fsp3) is 0.227. The Bertz CT molecular complexity index is 813. The van der Waals surface area contributed by atoms with E-state index in [4.69, 9.17) is 4.74 Å². The third kappa shape index (κ3) is 4.25. The number of benzene rings is 2. The molecular weight excluding hydrogens is 308 g/mol. The lowest BCUT2D eigenvalue weighted by Crippen LogP contribution is -2.18. The van der Waals surface area contributed by atoms with E-state index in [0.717, 1.165) is 29.1 Å². The van der Waals surface area contributed by atoms with Gasteiger partial charge in [-0.25, -0.2) is 0 Å². The average molecular weight is 332 g/mol. The van der Waals surface area contributed by atoms with Crippen LogP contribution in [0.25, 0.3) is 11.1 Å². The Labute approximate surface area is 149 Å². The molecule has 0 saturated heterocycles. The second kappa shape index (κ2) is 7.95. The fourth-order valence-electron chi connectivity index (χ4n) is 2.85. The minimum absolute atomic E-state index is 0.299. The van der Waals surface area contributed by atoms with Gasteiger partial charge in [0.2, 0.25) is 0 Å². The Kier molecular flexibility index (Phi) is 5.46. The smallest absolute Gasteiger partial charge is 0.126 e. The van der Waals surface area contributed by atoms with Crippen LogP contribution in [0.15, 0.2) is 66.9 Å². The topological polar surface area (TPSA) is 34.1 Å². The zero-order valence-corrected chi connectivity index (χ0v) is 15.0. The summed E-state index contributed by atoms with van der Waals surface area (Å²) in [6, 6.07) is 21.2. The molecule has 1 aromatic heterocycles. The first-order valence-electron chi connectivity index (χ1n) is 8.55. The van der Waals surface area contributed by atoms with Crippen LogP contribution in [0.2, 0.25) is 0 Å². The molecule has 3 rings (SSSR count). The third-order valence-corrected chi connectivity index (χ3v) is 4.40. The van der Waals surface area contributed by atoms with E-state index in [1.807, 2.05) is 31.3 Å². The van der Waals surface area contributed by atoms with Crippen LogP contribution in [0.3, 0.4) is 0 Å². The largest absolute Gasteiger partial charge is 0.496 e. The molecule has 0 radical (unpaired) electrons. The third-order valence-electron chi connectivity index (χ3n) is 4.40. The molecule has 0 aliphatic rings. The van der Waals surface area contributed by atoms with Crippen LogP contribution in [-0.2, 0) is 6.54 Å². The molecular formula is C22H24N2O. The number of hydrogen-bond donors (Lipinski definition) is 1. The molecule has 1 N–H and O–H groups in total. The molecule has 3 aromatic rings. The lowest BCUT2D eigenvalue weighted by molar-refractivity contribution is 0.416. The number of ether oxygens (including phenoxy) is 1. The molecule has 0 aliphatic heterocycles. The molecule has 0 bridgehead atoms. The number of pyridine rings is 1. The first-order chi connectivity index (χ1) is 12.2. The Morgan fingerprint density at radius 1 is 1.04 bits per heavy atom. The molecule has 25 heavy (non-hydrogen) atoms. The van der Waals surface area contributed by atoms with Gasteiger partial charge in [-0.15, -0.1) is 0 Å². The summed E-state index contributed by atoms with van der Waals surface area (Å²) in [5.74, 6) is 0.866. The number of rotatable bonds is 6. The van der Waals surface area contributed by atoms with E-state index in [9.17, 15) is 0 Å². The van der Waals surface area contributed by atoms with Crippen molar-refractivity contribution in [3.63, 3.8) is 0 Å². The van der Waals surface area contributed by atoms with Crippen molar-refractivity contribution in [2.75, 3.05) is 7.11 Å². The molecule has 0 amide bonds. The zero-order valence-electron chi connectivity index (χ0n) is 15.0. The Morgan fingerprint density at radius 3 is 2.52 bits per heavy atom. The predicted molar refractivity (Wildman–Crippen MR) is 103 cm³/mol. The zero-order chi connectivity index (χ0) is 17.6. The summed E-state index contributed by atoms with van der Waals surface area (Å²) >= 11 is 0. The molecule has 1 atom stereocenters. The number of hydrogen-bond acceptors (Lipinski definition) is 3. The summed E-state index contributed by atoms with van der Waals surface area (Å²) in [4.78, 5) is 4.40. The standard InChI is InChI=1S/C22H24N2O/c1-16-9-11-20(15-23-16)21-13-18(10-12-22(21)25-3)14-24-17(2)19-7-5-4-6-8-19/h4-13,15,17,24H,14H2,1-3H3. The van der Waals surface area contributed by atoms with Crippen molar-refractivity contribution in [3.8, 4) is 16.9 Å². The fourth-order valence-corrected chi connectivity index (χ4v) is 2.85. The molecule has 0 aliphatic carbocycles. The predicted octanol–water partition coefficient (Wildman–Crippen LogP) is 4.92. The van der Waals surface area contributed by atoms with Crippen LogP contribution < -0.4 is 10.1 Å². The van der Waals surface area contributed by atoms with E-state index >= 15 is 0 Å². The van der Waals surface area contributed by atoms with Crippen LogP contribution in [0.5, 0.6) is 5.75 Å². The van der Waals surface area contributed by atoms with Gasteiger partial charge < -0.3 is 10.1 Å². The van der Waals surface area contributed by atoms with E-state index in [-0.39, 0.29) is 0 Å². The van der Waals surface area contributed by atoms with Crippen molar-refractivity contribution < 1.29 is 4.74 Å². The molecule has 3 heteroatoms. The number of aryl methyl sites for hydroxylation is 1.